The van der Waals surface area contributed by atoms with E-state index in [-0.39, 0.29) is 17.7 Å². The maximum atomic E-state index is 12.2. The van der Waals surface area contributed by atoms with Crippen molar-refractivity contribution in [3.05, 3.63) is 23.9 Å². The molecule has 0 radical (unpaired) electrons. The quantitative estimate of drug-likeness (QED) is 0.829. The number of fused-ring (bicyclic) bond motifs is 1. The molecule has 0 aromatic rings. The second-order valence-electron chi connectivity index (χ2n) is 6.19. The van der Waals surface area contributed by atoms with Crippen LogP contribution in [-0.2, 0) is 14.8 Å². The van der Waals surface area contributed by atoms with Gasteiger partial charge in [0, 0.05) is 18.8 Å². The van der Waals surface area contributed by atoms with E-state index in [4.69, 9.17) is 0 Å². The zero-order valence-corrected chi connectivity index (χ0v) is 14.1. The van der Waals surface area contributed by atoms with Gasteiger partial charge in [0.1, 0.15) is 5.84 Å². The minimum absolute atomic E-state index is 0.0273. The summed E-state index contributed by atoms with van der Waals surface area (Å²) in [6, 6.07) is 0.112. The largest absolute Gasteiger partial charge is 0.350 e. The lowest BCUT2D eigenvalue weighted by molar-refractivity contribution is -0.117. The molecular weight excluding hydrogens is 302 g/mol. The lowest BCUT2D eigenvalue weighted by Gasteiger charge is -2.27. The van der Waals surface area contributed by atoms with Crippen LogP contribution in [0.1, 0.15) is 33.6 Å². The lowest BCUT2D eigenvalue weighted by Crippen LogP contribution is -2.39. The number of carbonyl (C=O) groups excluding carboxylic acids is 1. The van der Waals surface area contributed by atoms with Crippen LogP contribution in [0.25, 0.3) is 0 Å². The van der Waals surface area contributed by atoms with Crippen LogP contribution in [0, 0.1) is 5.92 Å². The summed E-state index contributed by atoms with van der Waals surface area (Å²) in [5, 5.41) is 2.97. The van der Waals surface area contributed by atoms with E-state index in [9.17, 15) is 13.2 Å². The van der Waals surface area contributed by atoms with Crippen molar-refractivity contribution in [1.82, 2.24) is 10.2 Å². The van der Waals surface area contributed by atoms with Gasteiger partial charge in [-0.3, -0.25) is 4.79 Å². The fourth-order valence-corrected chi connectivity index (χ4v) is 3.27. The topological polar surface area (TPSA) is 78.8 Å². The molecule has 7 heteroatoms. The summed E-state index contributed by atoms with van der Waals surface area (Å²) in [4.78, 5) is 13.9. The van der Waals surface area contributed by atoms with Crippen LogP contribution in [0.5, 0.6) is 0 Å². The average molecular weight is 325 g/mol. The number of nitrogens with zero attached hydrogens (tertiary/aromatic N) is 2. The summed E-state index contributed by atoms with van der Waals surface area (Å²) < 4.78 is 26.6. The number of carbonyl (C=O) groups is 1. The third-order valence-corrected chi connectivity index (χ3v) is 4.80. The maximum absolute atomic E-state index is 12.2. The minimum atomic E-state index is -3.36. The van der Waals surface area contributed by atoms with Gasteiger partial charge < -0.3 is 10.2 Å². The molecule has 0 saturated carbocycles. The molecule has 22 heavy (non-hydrogen) atoms. The van der Waals surface area contributed by atoms with Crippen LogP contribution < -0.4 is 5.32 Å². The monoisotopic (exact) mass is 325 g/mol. The van der Waals surface area contributed by atoms with Crippen molar-refractivity contribution >= 4 is 21.8 Å². The Morgan fingerprint density at radius 3 is 2.73 bits per heavy atom. The molecule has 1 amide bonds. The Balaban J connectivity index is 1.98. The van der Waals surface area contributed by atoms with Crippen LogP contribution in [0.3, 0.4) is 0 Å². The van der Waals surface area contributed by atoms with Crippen LogP contribution >= 0.6 is 0 Å². The van der Waals surface area contributed by atoms with Gasteiger partial charge in [-0.2, -0.15) is 0 Å². The van der Waals surface area contributed by atoms with Crippen LogP contribution in [0.15, 0.2) is 28.3 Å². The predicted octanol–water partition coefficient (Wildman–Crippen LogP) is 1.42. The zero-order chi connectivity index (χ0) is 16.3. The molecule has 2 aliphatic rings. The molecule has 1 atom stereocenters. The van der Waals surface area contributed by atoms with E-state index in [0.29, 0.717) is 23.9 Å². The van der Waals surface area contributed by atoms with Crippen LogP contribution in [0.2, 0.25) is 0 Å². The number of amides is 1. The molecule has 0 spiro atoms. The molecule has 122 valence electrons. The zero-order valence-electron chi connectivity index (χ0n) is 13.2. The molecule has 0 saturated heterocycles. The van der Waals surface area contributed by atoms with Gasteiger partial charge in [0.25, 0.3) is 15.9 Å². The number of sulfonamides is 1. The molecule has 0 aliphatic carbocycles. The molecule has 2 rings (SSSR count). The molecule has 6 nitrogen and oxygen atoms in total. The van der Waals surface area contributed by atoms with Gasteiger partial charge in [-0.25, -0.2) is 8.42 Å². The second kappa shape index (κ2) is 6.64. The van der Waals surface area contributed by atoms with Gasteiger partial charge in [-0.1, -0.05) is 13.8 Å². The SMILES string of the molecule is CC(C)CCC(C)NC(=O)C1=CN2CCS(=O)(=O)N=C2C=C1. The highest BCUT2D eigenvalue weighted by Gasteiger charge is 2.25. The van der Waals surface area contributed by atoms with E-state index in [1.807, 2.05) is 6.92 Å². The molecule has 0 fully saturated rings. The first kappa shape index (κ1) is 16.7. The van der Waals surface area contributed by atoms with E-state index >= 15 is 0 Å². The Morgan fingerprint density at radius 1 is 1.32 bits per heavy atom. The van der Waals surface area contributed by atoms with Gasteiger partial charge in [0.05, 0.1) is 11.3 Å². The van der Waals surface area contributed by atoms with Crippen molar-refractivity contribution in [2.45, 2.75) is 39.7 Å². The van der Waals surface area contributed by atoms with E-state index in [1.54, 1.807) is 23.3 Å². The highest BCUT2D eigenvalue weighted by atomic mass is 32.2. The number of hydrogen-bond donors (Lipinski definition) is 1. The summed E-state index contributed by atoms with van der Waals surface area (Å²) in [5.41, 5.74) is 0.523. The first-order valence-corrected chi connectivity index (χ1v) is 9.18. The summed E-state index contributed by atoms with van der Waals surface area (Å²) in [6.07, 6.45) is 6.86. The van der Waals surface area contributed by atoms with Crippen molar-refractivity contribution in [2.75, 3.05) is 12.3 Å². The molecule has 2 aliphatic heterocycles. The Hall–Kier alpha value is -1.63. The van der Waals surface area contributed by atoms with Crippen molar-refractivity contribution < 1.29 is 13.2 Å². The predicted molar refractivity (Wildman–Crippen MR) is 86.8 cm³/mol. The molecule has 1 unspecified atom stereocenters. The normalized spacial score (nSPS) is 21.0. The smallest absolute Gasteiger partial charge is 0.256 e. The number of rotatable bonds is 5. The van der Waals surface area contributed by atoms with E-state index in [1.165, 1.54) is 0 Å². The fourth-order valence-electron chi connectivity index (χ4n) is 2.30. The molecule has 0 bridgehead atoms. The number of amidine groups is 1. The van der Waals surface area contributed by atoms with Gasteiger partial charge in [-0.15, -0.1) is 4.40 Å². The fraction of sp³-hybridized carbons (Fsp3) is 0.600. The van der Waals surface area contributed by atoms with Gasteiger partial charge in [0.2, 0.25) is 0 Å². The highest BCUT2D eigenvalue weighted by molar-refractivity contribution is 7.90. The Labute approximate surface area is 132 Å². The van der Waals surface area contributed by atoms with Crippen molar-refractivity contribution in [2.24, 2.45) is 10.3 Å². The standard InChI is InChI=1S/C15H23N3O3S/c1-11(2)4-5-12(3)16-15(19)13-6-7-14-17-22(20,21)9-8-18(14)10-13/h6-7,10-12H,4-5,8-9H2,1-3H3,(H,16,19). The molecular formula is C15H23N3O3S. The van der Waals surface area contributed by atoms with Crippen molar-refractivity contribution in [3.8, 4) is 0 Å². The van der Waals surface area contributed by atoms with Crippen molar-refractivity contribution in [1.29, 1.82) is 0 Å². The lowest BCUT2D eigenvalue weighted by atomic mass is 10.0. The van der Waals surface area contributed by atoms with Gasteiger partial charge in [0.15, 0.2) is 0 Å². The Bertz CT molecular complexity index is 632. The van der Waals surface area contributed by atoms with Gasteiger partial charge >= 0.3 is 0 Å². The molecule has 1 N–H and O–H groups in total. The molecule has 0 aromatic carbocycles. The maximum Gasteiger partial charge on any atom is 0.256 e. The second-order valence-corrected chi connectivity index (χ2v) is 7.95. The van der Waals surface area contributed by atoms with E-state index in [0.717, 1.165) is 12.8 Å². The summed E-state index contributed by atoms with van der Waals surface area (Å²) in [5.74, 6) is 0.818. The third-order valence-electron chi connectivity index (χ3n) is 3.64. The number of nitrogens with one attached hydrogen (secondary N) is 1. The summed E-state index contributed by atoms with van der Waals surface area (Å²) >= 11 is 0. The van der Waals surface area contributed by atoms with E-state index in [2.05, 4.69) is 23.6 Å². The minimum Gasteiger partial charge on any atom is -0.350 e. The van der Waals surface area contributed by atoms with E-state index < -0.39 is 10.0 Å². The summed E-state index contributed by atoms with van der Waals surface area (Å²) in [6.45, 7) is 6.64. The highest BCUT2D eigenvalue weighted by Crippen LogP contribution is 2.16. The van der Waals surface area contributed by atoms with Gasteiger partial charge in [-0.05, 0) is 37.8 Å². The molecule has 0 aromatic heterocycles. The molecule has 2 heterocycles. The van der Waals surface area contributed by atoms with Crippen LogP contribution in [-0.4, -0.2) is 43.4 Å². The van der Waals surface area contributed by atoms with Crippen molar-refractivity contribution in [3.63, 3.8) is 0 Å². The average Bonchev–Trinajstić information content (AvgIpc) is 2.43. The summed E-state index contributed by atoms with van der Waals surface area (Å²) in [7, 11) is -3.36. The van der Waals surface area contributed by atoms with Crippen LogP contribution in [0.4, 0.5) is 0 Å². The first-order valence-electron chi connectivity index (χ1n) is 7.57. The Kier molecular flexibility index (Phi) is 5.05. The first-order chi connectivity index (χ1) is 10.3. The Morgan fingerprint density at radius 2 is 2.05 bits per heavy atom. The third kappa shape index (κ3) is 4.43. The number of hydrogen-bond acceptors (Lipinski definition) is 4.